The van der Waals surface area contributed by atoms with Crippen molar-refractivity contribution in [3.05, 3.63) is 42.5 Å². The van der Waals surface area contributed by atoms with E-state index < -0.39 is 19.4 Å². The molecule has 0 saturated carbocycles. The number of esters is 1. The van der Waals surface area contributed by atoms with E-state index in [0.29, 0.717) is 12.1 Å². The minimum atomic E-state index is -2.13. The number of carbonyl (C=O) groups excluding carboxylic acids is 1. The molecule has 2 aromatic carbocycles. The van der Waals surface area contributed by atoms with Crippen LogP contribution in [-0.2, 0) is 18.8 Å². The lowest BCUT2D eigenvalue weighted by molar-refractivity contribution is -0.170. The summed E-state index contributed by atoms with van der Waals surface area (Å²) in [5.74, 6) is -0.394. The van der Waals surface area contributed by atoms with E-state index >= 15 is 0 Å². The van der Waals surface area contributed by atoms with Crippen molar-refractivity contribution in [1.29, 1.82) is 0 Å². The largest absolute Gasteiger partial charge is 0.464 e. The lowest BCUT2D eigenvalue weighted by atomic mass is 9.93. The average Bonchev–Trinajstić information content (AvgIpc) is 2.66. The minimum absolute atomic E-state index is 0.0320. The topological polar surface area (TPSA) is 52.6 Å². The first-order chi connectivity index (χ1) is 13.3. The number of rotatable bonds is 10. The molecule has 0 bridgehead atoms. The maximum absolute atomic E-state index is 13.3. The maximum atomic E-state index is 13.3. The average molecular weight is 423 g/mol. The van der Waals surface area contributed by atoms with Gasteiger partial charge in [-0.3, -0.25) is 0 Å². The molecule has 6 heteroatoms. The Balaban J connectivity index is 2.19. The molecule has 2 aromatic rings. The van der Waals surface area contributed by atoms with Gasteiger partial charge in [-0.15, -0.1) is 11.8 Å². The molecule has 2 rings (SSSR count). The monoisotopic (exact) mass is 422 g/mol. The number of thioether (sulfide) groups is 1. The van der Waals surface area contributed by atoms with Crippen molar-refractivity contribution in [2.75, 3.05) is 18.7 Å². The molecule has 0 fully saturated rings. The van der Waals surface area contributed by atoms with Gasteiger partial charge in [0.25, 0.3) is 0 Å². The molecule has 0 saturated heterocycles. The smallest absolute Gasteiger partial charge is 0.338 e. The summed E-state index contributed by atoms with van der Waals surface area (Å²) in [6, 6.07) is 14.4. The van der Waals surface area contributed by atoms with Gasteiger partial charge in [-0.25, -0.2) is 4.79 Å². The summed E-state index contributed by atoms with van der Waals surface area (Å²) >= 11 is 1.57. The number of ether oxygens (including phenoxy) is 2. The van der Waals surface area contributed by atoms with Gasteiger partial charge in [-0.05, 0) is 49.6 Å². The van der Waals surface area contributed by atoms with Crippen LogP contribution in [-0.4, -0.2) is 35.9 Å². The van der Waals surface area contributed by atoms with Crippen LogP contribution in [0.4, 0.5) is 0 Å². The second-order valence-corrected chi connectivity index (χ2v) is 10.7. The molecule has 0 spiro atoms. The zero-order chi connectivity index (χ0) is 20.7. The van der Waals surface area contributed by atoms with Crippen molar-refractivity contribution >= 4 is 36.3 Å². The molecule has 0 heterocycles. The first-order valence-electron chi connectivity index (χ1n) is 9.79. The highest BCUT2D eigenvalue weighted by molar-refractivity contribution is 8.03. The van der Waals surface area contributed by atoms with Crippen LogP contribution in [0.1, 0.15) is 34.6 Å². The summed E-state index contributed by atoms with van der Waals surface area (Å²) in [5.41, 5.74) is -1.11. The van der Waals surface area contributed by atoms with Crippen molar-refractivity contribution in [2.24, 2.45) is 5.92 Å². The van der Waals surface area contributed by atoms with Gasteiger partial charge in [0.2, 0.25) is 0 Å². The van der Waals surface area contributed by atoms with Crippen molar-refractivity contribution < 1.29 is 18.8 Å². The van der Waals surface area contributed by atoms with Crippen LogP contribution in [0, 0.1) is 5.92 Å². The second-order valence-electron chi connectivity index (χ2n) is 7.25. The van der Waals surface area contributed by atoms with Gasteiger partial charge in [0.15, 0.2) is 5.60 Å². The van der Waals surface area contributed by atoms with Crippen molar-refractivity contribution in [3.63, 3.8) is 0 Å². The van der Waals surface area contributed by atoms with Gasteiger partial charge in [0, 0.05) is 17.0 Å². The first kappa shape index (κ1) is 23.0. The summed E-state index contributed by atoms with van der Waals surface area (Å²) in [7, 11) is -2.13. The van der Waals surface area contributed by atoms with E-state index in [2.05, 4.69) is 30.3 Å². The molecule has 0 aliphatic carbocycles. The number of benzene rings is 2. The number of hydrogen-bond donors (Lipinski definition) is 0. The van der Waals surface area contributed by atoms with E-state index in [4.69, 9.17) is 9.47 Å². The maximum Gasteiger partial charge on any atom is 0.338 e. The van der Waals surface area contributed by atoms with Crippen LogP contribution in [0.2, 0.25) is 0 Å². The van der Waals surface area contributed by atoms with Crippen LogP contribution in [0.15, 0.2) is 47.4 Å². The van der Waals surface area contributed by atoms with E-state index in [0.717, 1.165) is 4.90 Å². The summed E-state index contributed by atoms with van der Waals surface area (Å²) in [6.07, 6.45) is 0. The summed E-state index contributed by atoms with van der Waals surface area (Å²) in [4.78, 5) is 13.7. The lowest BCUT2D eigenvalue weighted by Gasteiger charge is -2.37. The molecule has 3 atom stereocenters. The number of carbonyl (C=O) groups is 1. The molecule has 28 heavy (non-hydrogen) atoms. The van der Waals surface area contributed by atoms with Crippen LogP contribution >= 0.6 is 19.6 Å². The molecule has 0 radical (unpaired) electrons. The van der Waals surface area contributed by atoms with E-state index in [1.165, 1.54) is 10.8 Å². The molecule has 154 valence electrons. The fraction of sp³-hybridized carbons (Fsp3) is 0.500. The lowest BCUT2D eigenvalue weighted by Crippen LogP contribution is -2.51. The highest BCUT2D eigenvalue weighted by Crippen LogP contribution is 2.46. The SMILES string of the molecule is CCOC(=O)C(C)(OCC)C(C(C)C)[PH](=O)CSc1ccc2ccccc2c1. The van der Waals surface area contributed by atoms with Gasteiger partial charge in [0.1, 0.15) is 0 Å². The Morgan fingerprint density at radius 1 is 1.11 bits per heavy atom. The zero-order valence-corrected chi connectivity index (χ0v) is 19.2. The Labute approximate surface area is 173 Å². The quantitative estimate of drug-likeness (QED) is 0.274. The fourth-order valence-electron chi connectivity index (χ4n) is 3.67. The molecule has 0 aliphatic rings. The Bertz CT molecular complexity index is 823. The standard InChI is InChI=1S/C22H31O4PS/c1-6-25-21(23)22(5,26-7-2)20(16(3)4)27(24)15-28-19-13-12-17-10-8-9-11-18(17)14-19/h8-14,16,20,27H,6-7,15H2,1-5H3. The van der Waals surface area contributed by atoms with Crippen molar-refractivity contribution in [2.45, 2.75) is 50.8 Å². The summed E-state index contributed by atoms with van der Waals surface area (Å²) in [5, 5.41) is 2.35. The van der Waals surface area contributed by atoms with Crippen LogP contribution < -0.4 is 0 Å². The normalized spacial score (nSPS) is 15.9. The van der Waals surface area contributed by atoms with Crippen LogP contribution in [0.25, 0.3) is 10.8 Å². The molecule has 0 amide bonds. The Kier molecular flexibility index (Phi) is 8.60. The Morgan fingerprint density at radius 2 is 1.79 bits per heavy atom. The molecule has 0 aromatic heterocycles. The third-order valence-electron chi connectivity index (χ3n) is 4.83. The third-order valence-corrected chi connectivity index (χ3v) is 9.05. The van der Waals surface area contributed by atoms with E-state index in [1.54, 1.807) is 25.6 Å². The third kappa shape index (κ3) is 5.40. The molecule has 0 aliphatic heterocycles. The first-order valence-corrected chi connectivity index (χ1v) is 12.5. The summed E-state index contributed by atoms with van der Waals surface area (Å²) < 4.78 is 24.4. The van der Waals surface area contributed by atoms with Gasteiger partial charge in [-0.1, -0.05) is 44.2 Å². The second kappa shape index (κ2) is 10.5. The highest BCUT2D eigenvalue weighted by atomic mass is 32.2. The highest BCUT2D eigenvalue weighted by Gasteiger charge is 2.48. The van der Waals surface area contributed by atoms with Gasteiger partial charge in [0.05, 0.1) is 20.1 Å². The molecular weight excluding hydrogens is 391 g/mol. The van der Waals surface area contributed by atoms with E-state index in [1.807, 2.05) is 32.9 Å². The molecule has 3 unspecified atom stereocenters. The van der Waals surface area contributed by atoms with Gasteiger partial charge < -0.3 is 14.0 Å². The molecular formula is C22H31O4PS. The zero-order valence-electron chi connectivity index (χ0n) is 17.4. The van der Waals surface area contributed by atoms with Crippen LogP contribution in [0.5, 0.6) is 0 Å². The van der Waals surface area contributed by atoms with Crippen LogP contribution in [0.3, 0.4) is 0 Å². The number of hydrogen-bond acceptors (Lipinski definition) is 5. The predicted octanol–water partition coefficient (Wildman–Crippen LogP) is 5.83. The van der Waals surface area contributed by atoms with Crippen molar-refractivity contribution in [3.8, 4) is 0 Å². The number of fused-ring (bicyclic) bond motifs is 1. The summed E-state index contributed by atoms with van der Waals surface area (Å²) in [6.45, 7) is 9.96. The van der Waals surface area contributed by atoms with E-state index in [-0.39, 0.29) is 18.2 Å². The molecule has 4 nitrogen and oxygen atoms in total. The Hall–Kier alpha value is -1.29. The van der Waals surface area contributed by atoms with Gasteiger partial charge >= 0.3 is 5.97 Å². The molecule has 0 N–H and O–H groups in total. The fourth-order valence-corrected chi connectivity index (χ4v) is 7.55. The van der Waals surface area contributed by atoms with Crippen molar-refractivity contribution in [1.82, 2.24) is 0 Å². The van der Waals surface area contributed by atoms with Gasteiger partial charge in [-0.2, -0.15) is 0 Å². The van der Waals surface area contributed by atoms with E-state index in [9.17, 15) is 9.36 Å². The predicted molar refractivity (Wildman–Crippen MR) is 119 cm³/mol. The minimum Gasteiger partial charge on any atom is -0.464 e. The Morgan fingerprint density at radius 3 is 2.39 bits per heavy atom.